The number of hydrogen-bond donors (Lipinski definition) is 3. The molecule has 23 heavy (non-hydrogen) atoms. The molecule has 1 aromatic heterocycles. The number of amides is 2. The van der Waals surface area contributed by atoms with Gasteiger partial charge in [0.25, 0.3) is 11.8 Å². The molecule has 0 saturated carbocycles. The zero-order valence-corrected chi connectivity index (χ0v) is 13.1. The van der Waals surface area contributed by atoms with Gasteiger partial charge in [-0.2, -0.15) is 5.10 Å². The Labute approximate surface area is 134 Å². The van der Waals surface area contributed by atoms with Crippen molar-refractivity contribution in [1.82, 2.24) is 20.4 Å². The average molecular weight is 313 g/mol. The molecule has 0 bridgehead atoms. The van der Waals surface area contributed by atoms with Gasteiger partial charge >= 0.3 is 0 Å². The number of fused-ring (bicyclic) bond motifs is 1. The number of nitrogens with one attached hydrogen (secondary N) is 3. The third kappa shape index (κ3) is 3.09. The van der Waals surface area contributed by atoms with Gasteiger partial charge in [0.05, 0.1) is 0 Å². The average Bonchev–Trinajstić information content (AvgIpc) is 2.99. The van der Waals surface area contributed by atoms with E-state index in [1.54, 1.807) is 38.4 Å². The molecular weight excluding hydrogens is 294 g/mol. The van der Waals surface area contributed by atoms with Crippen LogP contribution in [0.4, 0.5) is 5.69 Å². The molecule has 1 aliphatic heterocycles. The summed E-state index contributed by atoms with van der Waals surface area (Å²) in [6, 6.07) is 6.82. The van der Waals surface area contributed by atoms with Crippen LogP contribution < -0.4 is 10.6 Å². The fourth-order valence-corrected chi connectivity index (χ4v) is 2.56. The van der Waals surface area contributed by atoms with Crippen molar-refractivity contribution in [1.29, 1.82) is 0 Å². The van der Waals surface area contributed by atoms with Gasteiger partial charge in [0.2, 0.25) is 0 Å². The van der Waals surface area contributed by atoms with Crippen LogP contribution in [0.15, 0.2) is 24.3 Å². The Morgan fingerprint density at radius 3 is 2.65 bits per heavy atom. The van der Waals surface area contributed by atoms with Crippen molar-refractivity contribution >= 4 is 17.5 Å². The molecule has 0 aliphatic carbocycles. The molecule has 0 fully saturated rings. The van der Waals surface area contributed by atoms with Crippen LogP contribution in [-0.2, 0) is 13.0 Å². The lowest BCUT2D eigenvalue weighted by molar-refractivity contribution is 0.0827. The number of H-pyrrole nitrogens is 1. The van der Waals surface area contributed by atoms with E-state index < -0.39 is 0 Å². The minimum atomic E-state index is -0.252. The molecule has 0 spiro atoms. The zero-order chi connectivity index (χ0) is 16.4. The molecule has 1 aromatic carbocycles. The molecule has 2 heterocycles. The minimum absolute atomic E-state index is 0.0738. The molecule has 1 aliphatic rings. The number of aromatic nitrogens is 2. The second kappa shape index (κ2) is 6.21. The van der Waals surface area contributed by atoms with Gasteiger partial charge < -0.3 is 15.5 Å². The molecule has 0 radical (unpaired) electrons. The molecule has 7 heteroatoms. The third-order valence-electron chi connectivity index (χ3n) is 3.82. The fraction of sp³-hybridized carbons (Fsp3) is 0.312. The van der Waals surface area contributed by atoms with E-state index in [2.05, 4.69) is 20.8 Å². The van der Waals surface area contributed by atoms with Gasteiger partial charge in [-0.25, -0.2) is 0 Å². The number of aromatic amines is 1. The quantitative estimate of drug-likeness (QED) is 0.789. The maximum atomic E-state index is 12.4. The number of nitrogens with zero attached hydrogens (tertiary/aromatic N) is 2. The lowest BCUT2D eigenvalue weighted by Gasteiger charge is -2.13. The summed E-state index contributed by atoms with van der Waals surface area (Å²) >= 11 is 0. The molecule has 120 valence electrons. The smallest absolute Gasteiger partial charge is 0.276 e. The van der Waals surface area contributed by atoms with E-state index in [4.69, 9.17) is 0 Å². The highest BCUT2D eigenvalue weighted by Gasteiger charge is 2.21. The van der Waals surface area contributed by atoms with Crippen LogP contribution >= 0.6 is 0 Å². The van der Waals surface area contributed by atoms with Crippen LogP contribution in [0.1, 0.15) is 32.1 Å². The highest BCUT2D eigenvalue weighted by atomic mass is 16.2. The second-order valence-corrected chi connectivity index (χ2v) is 5.69. The first-order chi connectivity index (χ1) is 11.1. The van der Waals surface area contributed by atoms with Gasteiger partial charge in [-0.1, -0.05) is 0 Å². The Kier molecular flexibility index (Phi) is 4.12. The van der Waals surface area contributed by atoms with Crippen LogP contribution in [0.5, 0.6) is 0 Å². The van der Waals surface area contributed by atoms with Crippen molar-refractivity contribution in [3.05, 3.63) is 46.8 Å². The Balaban J connectivity index is 1.73. The largest absolute Gasteiger partial charge is 0.345 e. The Morgan fingerprint density at radius 1 is 1.22 bits per heavy atom. The van der Waals surface area contributed by atoms with E-state index >= 15 is 0 Å². The predicted octanol–water partition coefficient (Wildman–Crippen LogP) is 1.01. The summed E-state index contributed by atoms with van der Waals surface area (Å²) in [5, 5.41) is 13.1. The van der Waals surface area contributed by atoms with E-state index in [0.717, 1.165) is 24.2 Å². The van der Waals surface area contributed by atoms with Crippen LogP contribution in [0.3, 0.4) is 0 Å². The Morgan fingerprint density at radius 2 is 1.96 bits per heavy atom. The van der Waals surface area contributed by atoms with Gasteiger partial charge in [0.15, 0.2) is 5.69 Å². The van der Waals surface area contributed by atoms with E-state index in [-0.39, 0.29) is 11.8 Å². The summed E-state index contributed by atoms with van der Waals surface area (Å²) < 4.78 is 0. The van der Waals surface area contributed by atoms with E-state index in [1.807, 2.05) is 0 Å². The second-order valence-electron chi connectivity index (χ2n) is 5.69. The lowest BCUT2D eigenvalue weighted by atomic mass is 10.1. The first-order valence-corrected chi connectivity index (χ1v) is 7.46. The molecule has 0 atom stereocenters. The third-order valence-corrected chi connectivity index (χ3v) is 3.82. The van der Waals surface area contributed by atoms with E-state index in [9.17, 15) is 9.59 Å². The summed E-state index contributed by atoms with van der Waals surface area (Å²) in [6.07, 6.45) is 0.844. The normalized spacial score (nSPS) is 13.3. The van der Waals surface area contributed by atoms with Crippen molar-refractivity contribution in [3.8, 4) is 0 Å². The summed E-state index contributed by atoms with van der Waals surface area (Å²) in [7, 11) is 3.40. The number of carbonyl (C=O) groups excluding carboxylic acids is 2. The van der Waals surface area contributed by atoms with Crippen LogP contribution in [0.25, 0.3) is 0 Å². The molecule has 2 aromatic rings. The maximum Gasteiger partial charge on any atom is 0.276 e. The van der Waals surface area contributed by atoms with Crippen molar-refractivity contribution in [2.24, 2.45) is 0 Å². The Bertz CT molecular complexity index is 733. The highest BCUT2D eigenvalue weighted by molar-refractivity contribution is 6.04. The van der Waals surface area contributed by atoms with Crippen molar-refractivity contribution in [2.45, 2.75) is 13.0 Å². The number of benzene rings is 1. The monoisotopic (exact) mass is 313 g/mol. The Hall–Kier alpha value is -2.67. The molecular formula is C16H19N5O2. The molecule has 0 saturated heterocycles. The van der Waals surface area contributed by atoms with Gasteiger partial charge in [-0.3, -0.25) is 14.7 Å². The summed E-state index contributed by atoms with van der Waals surface area (Å²) in [5.41, 5.74) is 3.56. The van der Waals surface area contributed by atoms with Gasteiger partial charge in [0, 0.05) is 56.1 Å². The minimum Gasteiger partial charge on any atom is -0.345 e. The molecule has 3 rings (SSSR count). The van der Waals surface area contributed by atoms with Gasteiger partial charge in [0.1, 0.15) is 0 Å². The van der Waals surface area contributed by atoms with Crippen molar-refractivity contribution in [3.63, 3.8) is 0 Å². The topological polar surface area (TPSA) is 90.1 Å². The highest BCUT2D eigenvalue weighted by Crippen LogP contribution is 2.17. The van der Waals surface area contributed by atoms with Crippen LogP contribution in [0.2, 0.25) is 0 Å². The number of rotatable bonds is 3. The number of carbonyl (C=O) groups is 2. The van der Waals surface area contributed by atoms with Crippen molar-refractivity contribution in [2.75, 3.05) is 26.0 Å². The molecule has 7 nitrogen and oxygen atoms in total. The molecule has 2 amide bonds. The summed E-state index contributed by atoms with van der Waals surface area (Å²) in [4.78, 5) is 25.7. The predicted molar refractivity (Wildman–Crippen MR) is 86.4 cm³/mol. The fourth-order valence-electron chi connectivity index (χ4n) is 2.56. The zero-order valence-electron chi connectivity index (χ0n) is 13.1. The number of hydrogen-bond acceptors (Lipinski definition) is 4. The summed E-state index contributed by atoms with van der Waals surface area (Å²) in [6.45, 7) is 1.53. The summed E-state index contributed by atoms with van der Waals surface area (Å²) in [5.74, 6) is -0.326. The molecule has 3 N–H and O–H groups in total. The first-order valence-electron chi connectivity index (χ1n) is 7.46. The van der Waals surface area contributed by atoms with Gasteiger partial charge in [-0.05, 0) is 24.3 Å². The van der Waals surface area contributed by atoms with Crippen molar-refractivity contribution < 1.29 is 9.59 Å². The lowest BCUT2D eigenvalue weighted by Crippen LogP contribution is -2.25. The van der Waals surface area contributed by atoms with Gasteiger partial charge in [-0.15, -0.1) is 0 Å². The SMILES string of the molecule is CN(C)C(=O)c1ccc(NC(=O)c2n[nH]c3c2CNCC3)cc1. The first kappa shape index (κ1) is 15.2. The van der Waals surface area contributed by atoms with E-state index in [0.29, 0.717) is 23.5 Å². The maximum absolute atomic E-state index is 12.4. The number of anilines is 1. The van der Waals surface area contributed by atoms with Crippen LogP contribution in [0, 0.1) is 0 Å². The standard InChI is InChI=1S/C16H19N5O2/c1-21(2)16(23)10-3-5-11(6-4-10)18-15(22)14-12-9-17-8-7-13(12)19-20-14/h3-6,17H,7-9H2,1-2H3,(H,18,22)(H,19,20). The van der Waals surface area contributed by atoms with Crippen LogP contribution in [-0.4, -0.2) is 47.6 Å². The van der Waals surface area contributed by atoms with E-state index in [1.165, 1.54) is 4.90 Å². The molecule has 0 unspecified atom stereocenters.